The lowest BCUT2D eigenvalue weighted by molar-refractivity contribution is -0.210. The molecule has 2 atom stereocenters. The molecule has 0 bridgehead atoms. The molecule has 2 rings (SSSR count). The van der Waals surface area contributed by atoms with Crippen molar-refractivity contribution in [1.29, 1.82) is 0 Å². The van der Waals surface area contributed by atoms with E-state index >= 15 is 0 Å². The van der Waals surface area contributed by atoms with Crippen molar-refractivity contribution in [2.45, 2.75) is 63.6 Å². The van der Waals surface area contributed by atoms with Gasteiger partial charge in [0.1, 0.15) is 5.54 Å². The fourth-order valence-corrected chi connectivity index (χ4v) is 3.17. The third kappa shape index (κ3) is 2.78. The molecule has 0 aliphatic heterocycles. The van der Waals surface area contributed by atoms with E-state index in [0.717, 1.165) is 32.1 Å². The highest BCUT2D eigenvalue weighted by molar-refractivity contribution is 5.02. The third-order valence-electron chi connectivity index (χ3n) is 4.33. The van der Waals surface area contributed by atoms with Crippen molar-refractivity contribution in [2.75, 3.05) is 6.54 Å². The first-order chi connectivity index (χ1) is 7.98. The van der Waals surface area contributed by atoms with Crippen LogP contribution in [0.4, 0.5) is 13.2 Å². The van der Waals surface area contributed by atoms with Crippen LogP contribution >= 0.6 is 0 Å². The molecule has 0 aromatic heterocycles. The Morgan fingerprint density at radius 1 is 1.18 bits per heavy atom. The van der Waals surface area contributed by atoms with E-state index in [-0.39, 0.29) is 6.42 Å². The van der Waals surface area contributed by atoms with E-state index in [9.17, 15) is 13.2 Å². The lowest BCUT2D eigenvalue weighted by Crippen LogP contribution is -2.59. The van der Waals surface area contributed by atoms with Crippen LogP contribution in [0.3, 0.4) is 0 Å². The van der Waals surface area contributed by atoms with Gasteiger partial charge in [-0.05, 0) is 50.5 Å². The van der Waals surface area contributed by atoms with E-state index in [1.54, 1.807) is 0 Å². The summed E-state index contributed by atoms with van der Waals surface area (Å²) < 4.78 is 39.9. The Labute approximate surface area is 101 Å². The Balaban J connectivity index is 2.08. The molecule has 0 radical (unpaired) electrons. The molecule has 1 nitrogen and oxygen atoms in total. The quantitative estimate of drug-likeness (QED) is 0.797. The topological polar surface area (TPSA) is 12.0 Å². The number of hydrogen-bond acceptors (Lipinski definition) is 1. The van der Waals surface area contributed by atoms with Crippen LogP contribution in [-0.4, -0.2) is 18.3 Å². The zero-order valence-electron chi connectivity index (χ0n) is 10.4. The van der Waals surface area contributed by atoms with E-state index in [1.807, 2.05) is 6.92 Å². The van der Waals surface area contributed by atoms with Gasteiger partial charge >= 0.3 is 6.18 Å². The molecule has 0 amide bonds. The van der Waals surface area contributed by atoms with Gasteiger partial charge in [0.15, 0.2) is 0 Å². The Morgan fingerprint density at radius 3 is 2.41 bits per heavy atom. The first-order valence-corrected chi connectivity index (χ1v) is 6.80. The highest BCUT2D eigenvalue weighted by Crippen LogP contribution is 2.50. The van der Waals surface area contributed by atoms with Gasteiger partial charge in [0, 0.05) is 0 Å². The second-order valence-corrected chi connectivity index (χ2v) is 5.70. The number of nitrogens with one attached hydrogen (secondary N) is 1. The average molecular weight is 249 g/mol. The van der Waals surface area contributed by atoms with Crippen LogP contribution < -0.4 is 5.32 Å². The van der Waals surface area contributed by atoms with E-state index in [1.165, 1.54) is 0 Å². The SMILES string of the molecule is CCCNC1(C(F)(F)F)CCCC(C2CC2)C1. The van der Waals surface area contributed by atoms with Crippen LogP contribution in [0.1, 0.15) is 51.9 Å². The van der Waals surface area contributed by atoms with Crippen molar-refractivity contribution in [3.05, 3.63) is 0 Å². The van der Waals surface area contributed by atoms with Crippen LogP contribution in [0.5, 0.6) is 0 Å². The van der Waals surface area contributed by atoms with Gasteiger partial charge in [-0.3, -0.25) is 0 Å². The zero-order valence-corrected chi connectivity index (χ0v) is 10.4. The molecule has 2 unspecified atom stereocenters. The molecule has 2 fully saturated rings. The van der Waals surface area contributed by atoms with Gasteiger partial charge in [-0.25, -0.2) is 0 Å². The predicted molar refractivity (Wildman–Crippen MR) is 61.8 cm³/mol. The lowest BCUT2D eigenvalue weighted by Gasteiger charge is -2.43. The summed E-state index contributed by atoms with van der Waals surface area (Å²) in [5.74, 6) is 0.884. The summed E-state index contributed by atoms with van der Waals surface area (Å²) in [6, 6.07) is 0. The number of alkyl halides is 3. The maximum absolute atomic E-state index is 13.3. The van der Waals surface area contributed by atoms with Crippen LogP contribution in [0, 0.1) is 11.8 Å². The second kappa shape index (κ2) is 4.79. The Morgan fingerprint density at radius 2 is 1.88 bits per heavy atom. The lowest BCUT2D eigenvalue weighted by atomic mass is 9.73. The molecule has 0 spiro atoms. The molecule has 0 heterocycles. The van der Waals surface area contributed by atoms with Crippen LogP contribution in [0.25, 0.3) is 0 Å². The van der Waals surface area contributed by atoms with Gasteiger partial charge in [-0.1, -0.05) is 19.8 Å². The predicted octanol–water partition coefficient (Wildman–Crippen LogP) is 3.89. The highest BCUT2D eigenvalue weighted by atomic mass is 19.4. The Hall–Kier alpha value is -0.250. The van der Waals surface area contributed by atoms with Crippen molar-refractivity contribution < 1.29 is 13.2 Å². The van der Waals surface area contributed by atoms with Gasteiger partial charge in [-0.15, -0.1) is 0 Å². The minimum absolute atomic E-state index is 0.264. The highest BCUT2D eigenvalue weighted by Gasteiger charge is 2.57. The van der Waals surface area contributed by atoms with Crippen molar-refractivity contribution in [1.82, 2.24) is 5.32 Å². The fraction of sp³-hybridized carbons (Fsp3) is 1.00. The molecular formula is C13H22F3N. The van der Waals surface area contributed by atoms with Crippen molar-refractivity contribution >= 4 is 0 Å². The standard InChI is InChI=1S/C13H22F3N/c1-2-8-17-12(13(14,15)16)7-3-4-11(9-12)10-5-6-10/h10-11,17H,2-9H2,1H3. The van der Waals surface area contributed by atoms with Gasteiger partial charge < -0.3 is 5.32 Å². The number of hydrogen-bond donors (Lipinski definition) is 1. The zero-order chi connectivity index (χ0) is 12.5. The van der Waals surface area contributed by atoms with E-state index in [4.69, 9.17) is 0 Å². The summed E-state index contributed by atoms with van der Waals surface area (Å²) in [5, 5.41) is 2.81. The minimum atomic E-state index is -4.10. The van der Waals surface area contributed by atoms with E-state index < -0.39 is 11.7 Å². The second-order valence-electron chi connectivity index (χ2n) is 5.70. The largest absolute Gasteiger partial charge is 0.406 e. The van der Waals surface area contributed by atoms with Gasteiger partial charge in [-0.2, -0.15) is 13.2 Å². The van der Waals surface area contributed by atoms with Crippen molar-refractivity contribution in [3.8, 4) is 0 Å². The number of halogens is 3. The molecule has 4 heteroatoms. The maximum atomic E-state index is 13.3. The first kappa shape index (κ1) is 13.2. The molecule has 0 aromatic rings. The smallest absolute Gasteiger partial charge is 0.304 e. The molecule has 100 valence electrons. The normalized spacial score (nSPS) is 34.9. The minimum Gasteiger partial charge on any atom is -0.304 e. The molecule has 2 saturated carbocycles. The molecule has 17 heavy (non-hydrogen) atoms. The Kier molecular flexibility index (Phi) is 3.71. The summed E-state index contributed by atoms with van der Waals surface area (Å²) >= 11 is 0. The molecule has 0 saturated heterocycles. The molecule has 0 aromatic carbocycles. The summed E-state index contributed by atoms with van der Waals surface area (Å²) in [5.41, 5.74) is -1.59. The van der Waals surface area contributed by atoms with Crippen molar-refractivity contribution in [2.24, 2.45) is 11.8 Å². The maximum Gasteiger partial charge on any atom is 0.406 e. The summed E-state index contributed by atoms with van der Waals surface area (Å²) in [7, 11) is 0. The molecule has 2 aliphatic rings. The van der Waals surface area contributed by atoms with E-state index in [0.29, 0.717) is 24.8 Å². The van der Waals surface area contributed by atoms with Crippen LogP contribution in [0.2, 0.25) is 0 Å². The molecular weight excluding hydrogens is 227 g/mol. The van der Waals surface area contributed by atoms with Crippen LogP contribution in [-0.2, 0) is 0 Å². The van der Waals surface area contributed by atoms with Gasteiger partial charge in [0.05, 0.1) is 0 Å². The first-order valence-electron chi connectivity index (χ1n) is 6.80. The third-order valence-corrected chi connectivity index (χ3v) is 4.33. The van der Waals surface area contributed by atoms with Gasteiger partial charge in [0.25, 0.3) is 0 Å². The summed E-state index contributed by atoms with van der Waals surface area (Å²) in [6.07, 6.45) is 1.23. The van der Waals surface area contributed by atoms with Gasteiger partial charge in [0.2, 0.25) is 0 Å². The fourth-order valence-electron chi connectivity index (χ4n) is 3.17. The molecule has 1 N–H and O–H groups in total. The van der Waals surface area contributed by atoms with Crippen LogP contribution in [0.15, 0.2) is 0 Å². The monoisotopic (exact) mass is 249 g/mol. The number of rotatable bonds is 4. The average Bonchev–Trinajstić information content (AvgIpc) is 3.09. The summed E-state index contributed by atoms with van der Waals surface area (Å²) in [4.78, 5) is 0. The summed E-state index contributed by atoms with van der Waals surface area (Å²) in [6.45, 7) is 2.38. The molecule has 2 aliphatic carbocycles. The Bertz CT molecular complexity index is 260. The van der Waals surface area contributed by atoms with E-state index in [2.05, 4.69) is 5.32 Å². The van der Waals surface area contributed by atoms with Crippen molar-refractivity contribution in [3.63, 3.8) is 0 Å².